The van der Waals surface area contributed by atoms with Crippen LogP contribution in [0.4, 0.5) is 0 Å². The Balaban J connectivity index is 1.32. The van der Waals surface area contributed by atoms with Gasteiger partial charge in [0.2, 0.25) is 0 Å². The van der Waals surface area contributed by atoms with E-state index in [-0.39, 0.29) is 0 Å². The molecule has 31 heavy (non-hydrogen) atoms. The quantitative estimate of drug-likeness (QED) is 0.182. The van der Waals surface area contributed by atoms with Crippen molar-refractivity contribution in [3.63, 3.8) is 0 Å². The summed E-state index contributed by atoms with van der Waals surface area (Å²) >= 11 is 0. The average Bonchev–Trinajstić information content (AvgIpc) is 3.25. The van der Waals surface area contributed by atoms with E-state index in [0.717, 1.165) is 19.1 Å². The minimum Gasteiger partial charge on any atom is -0.377 e. The molecule has 0 spiro atoms. The maximum Gasteiger partial charge on any atom is 0.0714 e. The summed E-state index contributed by atoms with van der Waals surface area (Å²) in [7, 11) is 2.25. The number of unbranched alkanes of at least 4 members (excludes halogenated alkanes) is 9. The maximum absolute atomic E-state index is 6.20. The van der Waals surface area contributed by atoms with Crippen LogP contribution in [-0.2, 0) is 4.74 Å². The monoisotopic (exact) mass is 432 g/mol. The molecule has 2 aliphatic rings. The highest BCUT2D eigenvalue weighted by atomic mass is 16.5. The van der Waals surface area contributed by atoms with E-state index in [1.807, 2.05) is 0 Å². The van der Waals surface area contributed by atoms with Crippen molar-refractivity contribution in [2.24, 2.45) is 0 Å². The molecule has 0 saturated carbocycles. The smallest absolute Gasteiger partial charge is 0.0714 e. The molecular formula is C28H52N2O. The molecule has 0 bridgehead atoms. The van der Waals surface area contributed by atoms with Gasteiger partial charge in [-0.05, 0) is 77.9 Å². The number of ether oxygens (including phenoxy) is 1. The lowest BCUT2D eigenvalue weighted by molar-refractivity contribution is 0.0479. The predicted molar refractivity (Wildman–Crippen MR) is 136 cm³/mol. The summed E-state index contributed by atoms with van der Waals surface area (Å²) in [6.45, 7) is 8.20. The number of rotatable bonds is 17. The third-order valence-electron chi connectivity index (χ3n) is 7.08. The zero-order chi connectivity index (χ0) is 22.0. The van der Waals surface area contributed by atoms with Crippen molar-refractivity contribution in [2.45, 2.75) is 115 Å². The highest BCUT2D eigenvalue weighted by Crippen LogP contribution is 2.22. The van der Waals surface area contributed by atoms with Gasteiger partial charge in [0.1, 0.15) is 0 Å². The van der Waals surface area contributed by atoms with Gasteiger partial charge in [-0.15, -0.1) is 0 Å². The van der Waals surface area contributed by atoms with Crippen LogP contribution in [0.25, 0.3) is 0 Å². The normalized spacial score (nSPS) is 21.8. The number of hydrogen-bond acceptors (Lipinski definition) is 3. The summed E-state index contributed by atoms with van der Waals surface area (Å²) < 4.78 is 6.20. The van der Waals surface area contributed by atoms with E-state index in [1.165, 1.54) is 116 Å². The summed E-state index contributed by atoms with van der Waals surface area (Å²) in [5.41, 5.74) is 0. The molecule has 0 aliphatic carbocycles. The molecule has 0 aromatic heterocycles. The van der Waals surface area contributed by atoms with Gasteiger partial charge in [0.25, 0.3) is 0 Å². The van der Waals surface area contributed by atoms with Gasteiger partial charge < -0.3 is 9.64 Å². The van der Waals surface area contributed by atoms with Crippen LogP contribution in [0.1, 0.15) is 103 Å². The van der Waals surface area contributed by atoms with Gasteiger partial charge >= 0.3 is 0 Å². The van der Waals surface area contributed by atoms with E-state index >= 15 is 0 Å². The van der Waals surface area contributed by atoms with E-state index in [4.69, 9.17) is 4.74 Å². The Bertz CT molecular complexity index is 468. The number of hydrogen-bond donors (Lipinski definition) is 0. The van der Waals surface area contributed by atoms with Crippen LogP contribution in [0.5, 0.6) is 0 Å². The lowest BCUT2D eigenvalue weighted by Gasteiger charge is -2.35. The molecule has 0 aromatic carbocycles. The number of nitrogens with zero attached hydrogens (tertiary/aromatic N) is 2. The predicted octanol–water partition coefficient (Wildman–Crippen LogP) is 6.99. The fourth-order valence-corrected chi connectivity index (χ4v) is 4.92. The second-order valence-corrected chi connectivity index (χ2v) is 9.90. The lowest BCUT2D eigenvalue weighted by atomic mass is 10.0. The molecule has 0 amide bonds. The van der Waals surface area contributed by atoms with Gasteiger partial charge in [0, 0.05) is 25.7 Å². The second-order valence-electron chi connectivity index (χ2n) is 9.90. The molecular weight excluding hydrogens is 380 g/mol. The molecule has 180 valence electrons. The molecule has 3 nitrogen and oxygen atoms in total. The molecule has 1 unspecified atom stereocenters. The Hall–Kier alpha value is -0.640. The molecule has 3 heteroatoms. The molecule has 2 saturated heterocycles. The Kier molecular flexibility index (Phi) is 15.3. The van der Waals surface area contributed by atoms with Crippen molar-refractivity contribution in [2.75, 3.05) is 39.8 Å². The Morgan fingerprint density at radius 2 is 1.39 bits per heavy atom. The third kappa shape index (κ3) is 12.8. The summed E-state index contributed by atoms with van der Waals surface area (Å²) in [4.78, 5) is 5.17. The van der Waals surface area contributed by atoms with Gasteiger partial charge in [-0.2, -0.15) is 0 Å². The van der Waals surface area contributed by atoms with Gasteiger partial charge in [-0.25, -0.2) is 0 Å². The van der Waals surface area contributed by atoms with E-state index in [1.54, 1.807) is 0 Å². The standard InChI is InChI=1S/C28H52N2O/c1-3-4-5-6-7-8-9-10-11-12-13-14-15-16-17-18-25-31-28-21-24-30(26-28)27-19-22-29(2)23-20-27/h7-8,10-11,27-28H,3-6,9,12-26H2,1-2H3/b8-7-,11-10-. The second kappa shape index (κ2) is 17.9. The van der Waals surface area contributed by atoms with Crippen LogP contribution in [0.3, 0.4) is 0 Å². The minimum atomic E-state index is 0.498. The third-order valence-corrected chi connectivity index (χ3v) is 7.08. The first kappa shape index (κ1) is 26.6. The first-order valence-corrected chi connectivity index (χ1v) is 13.6. The molecule has 0 N–H and O–H groups in total. The van der Waals surface area contributed by atoms with E-state index in [0.29, 0.717) is 6.10 Å². The summed E-state index contributed by atoms with van der Waals surface area (Å²) in [5.74, 6) is 0. The van der Waals surface area contributed by atoms with Crippen molar-refractivity contribution in [1.29, 1.82) is 0 Å². The Morgan fingerprint density at radius 1 is 0.742 bits per heavy atom. The van der Waals surface area contributed by atoms with Gasteiger partial charge in [0.05, 0.1) is 6.10 Å². The molecule has 0 radical (unpaired) electrons. The highest BCUT2D eigenvalue weighted by Gasteiger charge is 2.30. The van der Waals surface area contributed by atoms with E-state index < -0.39 is 0 Å². The van der Waals surface area contributed by atoms with Crippen molar-refractivity contribution in [3.8, 4) is 0 Å². The first-order valence-electron chi connectivity index (χ1n) is 13.6. The van der Waals surface area contributed by atoms with Crippen LogP contribution in [0, 0.1) is 0 Å². The minimum absolute atomic E-state index is 0.498. The van der Waals surface area contributed by atoms with Gasteiger partial charge in [-0.3, -0.25) is 4.90 Å². The van der Waals surface area contributed by atoms with E-state index in [9.17, 15) is 0 Å². The number of piperidine rings is 1. The van der Waals surface area contributed by atoms with Crippen molar-refractivity contribution >= 4 is 0 Å². The van der Waals surface area contributed by atoms with Gasteiger partial charge in [0.15, 0.2) is 0 Å². The summed E-state index contributed by atoms with van der Waals surface area (Å²) in [6, 6.07) is 0.812. The molecule has 1 atom stereocenters. The van der Waals surface area contributed by atoms with Gasteiger partial charge in [-0.1, -0.05) is 69.8 Å². The molecule has 2 aliphatic heterocycles. The van der Waals surface area contributed by atoms with Crippen LogP contribution in [0.2, 0.25) is 0 Å². The topological polar surface area (TPSA) is 15.7 Å². The SMILES string of the molecule is CCCCC/C=C\C/C=C\CCCCCCCCOC1CCN(C2CCN(C)CC2)C1. The molecule has 0 aromatic rings. The average molecular weight is 433 g/mol. The van der Waals surface area contributed by atoms with Crippen LogP contribution >= 0.6 is 0 Å². The first-order chi connectivity index (χ1) is 15.3. The van der Waals surface area contributed by atoms with Crippen LogP contribution in [0.15, 0.2) is 24.3 Å². The lowest BCUT2D eigenvalue weighted by Crippen LogP contribution is -2.43. The molecule has 2 heterocycles. The molecule has 2 fully saturated rings. The van der Waals surface area contributed by atoms with Crippen LogP contribution < -0.4 is 0 Å². The Morgan fingerprint density at radius 3 is 2.10 bits per heavy atom. The highest BCUT2D eigenvalue weighted by molar-refractivity contribution is 4.92. The summed E-state index contributed by atoms with van der Waals surface area (Å²) in [6.07, 6.45) is 29.5. The van der Waals surface area contributed by atoms with Crippen molar-refractivity contribution in [3.05, 3.63) is 24.3 Å². The number of likely N-dealkylation sites (tertiary alicyclic amines) is 2. The largest absolute Gasteiger partial charge is 0.377 e. The number of allylic oxidation sites excluding steroid dienone is 4. The fourth-order valence-electron chi connectivity index (χ4n) is 4.92. The zero-order valence-corrected chi connectivity index (χ0v) is 20.9. The maximum atomic E-state index is 6.20. The molecule has 2 rings (SSSR count). The van der Waals surface area contributed by atoms with Crippen LogP contribution in [-0.4, -0.2) is 61.8 Å². The fraction of sp³-hybridized carbons (Fsp3) is 0.857. The Labute approximate surface area is 194 Å². The van der Waals surface area contributed by atoms with E-state index in [2.05, 4.69) is 48.1 Å². The summed E-state index contributed by atoms with van der Waals surface area (Å²) in [5, 5.41) is 0. The zero-order valence-electron chi connectivity index (χ0n) is 20.9. The van der Waals surface area contributed by atoms with Crippen molar-refractivity contribution in [1.82, 2.24) is 9.80 Å². The van der Waals surface area contributed by atoms with Crippen molar-refractivity contribution < 1.29 is 4.74 Å².